The fourth-order valence-corrected chi connectivity index (χ4v) is 3.75. The van der Waals surface area contributed by atoms with E-state index >= 15 is 0 Å². The first kappa shape index (κ1) is 18.7. The summed E-state index contributed by atoms with van der Waals surface area (Å²) in [6, 6.07) is 16.1. The van der Waals surface area contributed by atoms with Crippen LogP contribution in [0.3, 0.4) is 0 Å². The Morgan fingerprint density at radius 2 is 2.00 bits per heavy atom. The van der Waals surface area contributed by atoms with Crippen LogP contribution in [-0.4, -0.2) is 53.9 Å². The third-order valence-electron chi connectivity index (χ3n) is 5.40. The lowest BCUT2D eigenvalue weighted by Gasteiger charge is -2.36. The Labute approximate surface area is 165 Å². The summed E-state index contributed by atoms with van der Waals surface area (Å²) in [6.07, 6.45) is 4.69. The molecule has 0 spiro atoms. The minimum absolute atomic E-state index is 0.184. The molecule has 1 aliphatic rings. The molecule has 28 heavy (non-hydrogen) atoms. The number of pyridine rings is 1. The molecule has 2 heterocycles. The molecule has 2 aromatic carbocycles. The molecule has 1 aromatic heterocycles. The van der Waals surface area contributed by atoms with Gasteiger partial charge < -0.3 is 19.5 Å². The summed E-state index contributed by atoms with van der Waals surface area (Å²) in [7, 11) is 1.68. The number of aromatic nitrogens is 1. The number of hydrogen-bond donors (Lipinski definition) is 1. The van der Waals surface area contributed by atoms with Crippen LogP contribution in [0.2, 0.25) is 0 Å². The second-order valence-corrected chi connectivity index (χ2v) is 7.26. The Kier molecular flexibility index (Phi) is 5.74. The molecule has 146 valence electrons. The molecule has 0 radical (unpaired) electrons. The molecule has 4 rings (SSSR count). The van der Waals surface area contributed by atoms with Crippen molar-refractivity contribution in [2.75, 3.05) is 26.7 Å². The van der Waals surface area contributed by atoms with Gasteiger partial charge in [0.1, 0.15) is 23.7 Å². The first-order valence-electron chi connectivity index (χ1n) is 9.75. The number of fused-ring (bicyclic) bond motifs is 1. The average Bonchev–Trinajstić information content (AvgIpc) is 2.74. The van der Waals surface area contributed by atoms with Crippen LogP contribution in [0, 0.1) is 0 Å². The van der Waals surface area contributed by atoms with Crippen molar-refractivity contribution in [2.24, 2.45) is 0 Å². The van der Waals surface area contributed by atoms with E-state index in [1.807, 2.05) is 42.6 Å². The zero-order valence-electron chi connectivity index (χ0n) is 16.1. The highest BCUT2D eigenvalue weighted by Gasteiger charge is 2.29. The Morgan fingerprint density at radius 1 is 1.14 bits per heavy atom. The number of hydrogen-bond acceptors (Lipinski definition) is 5. The van der Waals surface area contributed by atoms with Crippen molar-refractivity contribution >= 4 is 10.8 Å². The highest BCUT2D eigenvalue weighted by molar-refractivity contribution is 5.87. The molecular weight excluding hydrogens is 352 g/mol. The van der Waals surface area contributed by atoms with E-state index in [1.54, 1.807) is 13.3 Å². The summed E-state index contributed by atoms with van der Waals surface area (Å²) in [5, 5.41) is 12.7. The molecular formula is C23H26N2O3. The lowest BCUT2D eigenvalue weighted by atomic mass is 10.0. The van der Waals surface area contributed by atoms with Crippen molar-refractivity contribution < 1.29 is 14.6 Å². The lowest BCUT2D eigenvalue weighted by Crippen LogP contribution is -2.49. The lowest BCUT2D eigenvalue weighted by molar-refractivity contribution is -0.0242. The predicted octanol–water partition coefficient (Wildman–Crippen LogP) is 3.30. The smallest absolute Gasteiger partial charge is 0.127 e. The zero-order valence-corrected chi connectivity index (χ0v) is 16.1. The van der Waals surface area contributed by atoms with Gasteiger partial charge in [0.15, 0.2) is 0 Å². The molecule has 0 saturated carbocycles. The maximum atomic E-state index is 10.6. The zero-order chi connectivity index (χ0) is 19.3. The first-order chi connectivity index (χ1) is 13.7. The fourth-order valence-electron chi connectivity index (χ4n) is 3.75. The Balaban J connectivity index is 1.33. The van der Waals surface area contributed by atoms with E-state index in [2.05, 4.69) is 22.0 Å². The third-order valence-corrected chi connectivity index (χ3v) is 5.40. The quantitative estimate of drug-likeness (QED) is 0.713. The molecule has 1 saturated heterocycles. The summed E-state index contributed by atoms with van der Waals surface area (Å²) in [5.74, 6) is 1.69. The Bertz CT molecular complexity index is 908. The van der Waals surface area contributed by atoms with E-state index in [-0.39, 0.29) is 6.10 Å². The van der Waals surface area contributed by atoms with E-state index in [4.69, 9.17) is 9.47 Å². The van der Waals surface area contributed by atoms with Gasteiger partial charge in [-0.05, 0) is 42.7 Å². The Hall–Kier alpha value is -2.63. The van der Waals surface area contributed by atoms with E-state index in [0.29, 0.717) is 6.54 Å². The van der Waals surface area contributed by atoms with Gasteiger partial charge in [-0.2, -0.15) is 0 Å². The van der Waals surface area contributed by atoms with Crippen LogP contribution >= 0.6 is 0 Å². The molecule has 1 aliphatic heterocycles. The molecule has 0 amide bonds. The van der Waals surface area contributed by atoms with Gasteiger partial charge in [0.25, 0.3) is 0 Å². The second kappa shape index (κ2) is 8.59. The summed E-state index contributed by atoms with van der Waals surface area (Å²) >= 11 is 0. The van der Waals surface area contributed by atoms with Gasteiger partial charge in [0.2, 0.25) is 0 Å². The number of methoxy groups -OCH3 is 1. The van der Waals surface area contributed by atoms with Crippen molar-refractivity contribution in [2.45, 2.75) is 25.0 Å². The highest BCUT2D eigenvalue weighted by atomic mass is 16.5. The van der Waals surface area contributed by atoms with Crippen molar-refractivity contribution in [1.82, 2.24) is 9.88 Å². The van der Waals surface area contributed by atoms with Crippen molar-refractivity contribution in [1.29, 1.82) is 0 Å². The van der Waals surface area contributed by atoms with Gasteiger partial charge in [0.05, 0.1) is 7.11 Å². The van der Waals surface area contributed by atoms with Gasteiger partial charge in [-0.1, -0.05) is 24.3 Å². The fraction of sp³-hybridized carbons (Fsp3) is 0.348. The average molecular weight is 378 g/mol. The van der Waals surface area contributed by atoms with Crippen LogP contribution in [0.25, 0.3) is 10.8 Å². The number of ether oxygens (including phenoxy) is 2. The van der Waals surface area contributed by atoms with Crippen LogP contribution < -0.4 is 9.47 Å². The van der Waals surface area contributed by atoms with Gasteiger partial charge in [-0.15, -0.1) is 0 Å². The molecule has 1 fully saturated rings. The van der Waals surface area contributed by atoms with E-state index in [9.17, 15) is 5.11 Å². The first-order valence-corrected chi connectivity index (χ1v) is 9.75. The maximum absolute atomic E-state index is 10.6. The molecule has 5 nitrogen and oxygen atoms in total. The number of piperidine rings is 1. The summed E-state index contributed by atoms with van der Waals surface area (Å²) in [4.78, 5) is 6.47. The molecule has 5 heteroatoms. The number of aliphatic hydroxyl groups is 1. The molecule has 0 bridgehead atoms. The number of likely N-dealkylation sites (tertiary alicyclic amines) is 1. The monoisotopic (exact) mass is 378 g/mol. The predicted molar refractivity (Wildman–Crippen MR) is 110 cm³/mol. The van der Waals surface area contributed by atoms with Crippen LogP contribution in [0.4, 0.5) is 0 Å². The van der Waals surface area contributed by atoms with Crippen molar-refractivity contribution in [3.8, 4) is 11.5 Å². The summed E-state index contributed by atoms with van der Waals surface area (Å²) < 4.78 is 11.4. The van der Waals surface area contributed by atoms with Gasteiger partial charge in [-0.25, -0.2) is 0 Å². The minimum atomic E-state index is -0.498. The summed E-state index contributed by atoms with van der Waals surface area (Å²) in [6.45, 7) is 2.48. The normalized spacial score (nSPS) is 20.2. The van der Waals surface area contributed by atoms with Gasteiger partial charge in [-0.3, -0.25) is 4.98 Å². The topological polar surface area (TPSA) is 54.8 Å². The molecule has 0 unspecified atom stereocenters. The van der Waals surface area contributed by atoms with E-state index < -0.39 is 6.10 Å². The standard InChI is InChI=1S/C23H26N2O3/c1-27-19-7-5-17(6-8-19)10-13-25-14-11-23(21(26)16-25)28-22-4-2-3-18-15-24-12-9-20(18)22/h2-9,12,15,21,23,26H,10-11,13-14,16H2,1H3/t21-,23-/m1/s1. The van der Waals surface area contributed by atoms with E-state index in [1.165, 1.54) is 5.56 Å². The van der Waals surface area contributed by atoms with Crippen LogP contribution in [0.15, 0.2) is 60.9 Å². The molecule has 1 N–H and O–H groups in total. The maximum Gasteiger partial charge on any atom is 0.127 e. The minimum Gasteiger partial charge on any atom is -0.497 e. The van der Waals surface area contributed by atoms with Crippen molar-refractivity contribution in [3.05, 3.63) is 66.5 Å². The third kappa shape index (κ3) is 4.26. The van der Waals surface area contributed by atoms with Crippen LogP contribution in [-0.2, 0) is 6.42 Å². The number of nitrogens with zero attached hydrogens (tertiary/aromatic N) is 2. The second-order valence-electron chi connectivity index (χ2n) is 7.26. The highest BCUT2D eigenvalue weighted by Crippen LogP contribution is 2.27. The van der Waals surface area contributed by atoms with E-state index in [0.717, 1.165) is 48.2 Å². The molecule has 2 atom stereocenters. The molecule has 0 aliphatic carbocycles. The SMILES string of the molecule is COc1ccc(CCN2CC[C@@H](Oc3cccc4cnccc34)[C@H](O)C2)cc1. The number of β-amino-alcohol motifs (C(OH)–C–C–N with tert-alkyl or cyclic N) is 1. The number of rotatable bonds is 6. The van der Waals surface area contributed by atoms with Gasteiger partial charge >= 0.3 is 0 Å². The molecule has 3 aromatic rings. The Morgan fingerprint density at radius 3 is 2.79 bits per heavy atom. The van der Waals surface area contributed by atoms with Crippen molar-refractivity contribution in [3.63, 3.8) is 0 Å². The van der Waals surface area contributed by atoms with Gasteiger partial charge in [0, 0.05) is 42.8 Å². The number of aliphatic hydroxyl groups excluding tert-OH is 1. The van der Waals surface area contributed by atoms with Crippen LogP contribution in [0.1, 0.15) is 12.0 Å². The van der Waals surface area contributed by atoms with Crippen LogP contribution in [0.5, 0.6) is 11.5 Å². The number of benzene rings is 2. The largest absolute Gasteiger partial charge is 0.497 e. The summed E-state index contributed by atoms with van der Waals surface area (Å²) in [5.41, 5.74) is 1.28.